The van der Waals surface area contributed by atoms with E-state index in [1.54, 1.807) is 12.1 Å². The molecule has 204 valence electrons. The van der Waals surface area contributed by atoms with Gasteiger partial charge in [0, 0.05) is 17.3 Å². The number of hydrogen-bond donors (Lipinski definition) is 1. The van der Waals surface area contributed by atoms with Crippen LogP contribution in [0, 0.1) is 5.21 Å². The summed E-state index contributed by atoms with van der Waals surface area (Å²) in [7, 11) is 0. The first-order valence-corrected chi connectivity index (χ1v) is 10.9. The van der Waals surface area contributed by atoms with Gasteiger partial charge >= 0.3 is 18.6 Å². The molecule has 0 radical (unpaired) electrons. The molecule has 2 aromatic heterocycles. The van der Waals surface area contributed by atoms with Crippen molar-refractivity contribution >= 4 is 11.8 Å². The molecule has 0 saturated carbocycles. The Morgan fingerprint density at radius 2 is 1.67 bits per heavy atom. The minimum atomic E-state index is -4.82. The third kappa shape index (κ3) is 6.94. The minimum Gasteiger partial charge on any atom is -0.618 e. The molecule has 2 aromatic carbocycles. The zero-order chi connectivity index (χ0) is 28.4. The maximum absolute atomic E-state index is 12.7. The van der Waals surface area contributed by atoms with Crippen LogP contribution in [0.1, 0.15) is 24.3 Å². The fraction of sp³-hybridized carbons (Fsp3) is 0.167. The lowest BCUT2D eigenvalue weighted by molar-refractivity contribution is -0.629. The molecular formula is C24H17F6N5O4. The first-order chi connectivity index (χ1) is 18.3. The molecule has 1 unspecified atom stereocenters. The number of amides is 1. The molecule has 0 spiro atoms. The number of anilines is 1. The quantitative estimate of drug-likeness (QED) is 0.184. The van der Waals surface area contributed by atoms with E-state index in [4.69, 9.17) is 4.74 Å². The van der Waals surface area contributed by atoms with E-state index in [0.29, 0.717) is 35.0 Å². The highest BCUT2D eigenvalue weighted by molar-refractivity contribution is 5.85. The smallest absolute Gasteiger partial charge is 0.573 e. The first kappa shape index (κ1) is 27.2. The van der Waals surface area contributed by atoms with Gasteiger partial charge < -0.3 is 14.7 Å². The number of nitrogens with zero attached hydrogens (tertiary/aromatic N) is 4. The molecule has 9 nitrogen and oxygen atoms in total. The molecule has 0 saturated heterocycles. The number of benzene rings is 2. The Morgan fingerprint density at radius 1 is 1.00 bits per heavy atom. The predicted molar refractivity (Wildman–Crippen MR) is 122 cm³/mol. The van der Waals surface area contributed by atoms with Crippen LogP contribution in [0.4, 0.5) is 36.8 Å². The van der Waals surface area contributed by atoms with Crippen molar-refractivity contribution in [2.24, 2.45) is 0 Å². The number of ether oxygens (including phenoxy) is 2. The topological polar surface area (TPSA) is 105 Å². The fourth-order valence-electron chi connectivity index (χ4n) is 3.36. The molecule has 15 heteroatoms. The van der Waals surface area contributed by atoms with E-state index in [0.717, 1.165) is 18.2 Å². The van der Waals surface area contributed by atoms with Crippen LogP contribution in [0.5, 0.6) is 5.75 Å². The van der Waals surface area contributed by atoms with Gasteiger partial charge in [0.1, 0.15) is 18.2 Å². The second-order valence-electron chi connectivity index (χ2n) is 7.98. The Morgan fingerprint density at radius 3 is 2.26 bits per heavy atom. The molecule has 39 heavy (non-hydrogen) atoms. The number of carbonyl (C=O) groups is 1. The van der Waals surface area contributed by atoms with Gasteiger partial charge in [-0.2, -0.15) is 17.9 Å². The average Bonchev–Trinajstić information content (AvgIpc) is 3.33. The van der Waals surface area contributed by atoms with E-state index in [1.165, 1.54) is 42.2 Å². The van der Waals surface area contributed by atoms with Gasteiger partial charge in [-0.25, -0.2) is 14.5 Å². The molecule has 0 aliphatic rings. The fourth-order valence-corrected chi connectivity index (χ4v) is 3.36. The van der Waals surface area contributed by atoms with E-state index >= 15 is 0 Å². The van der Waals surface area contributed by atoms with Gasteiger partial charge in [-0.15, -0.1) is 18.3 Å². The molecule has 0 aliphatic heterocycles. The van der Waals surface area contributed by atoms with Crippen molar-refractivity contribution in [3.8, 4) is 22.8 Å². The Bertz CT molecular complexity index is 1450. The second kappa shape index (κ2) is 10.5. The second-order valence-corrected chi connectivity index (χ2v) is 7.98. The highest BCUT2D eigenvalue weighted by Gasteiger charge is 2.40. The van der Waals surface area contributed by atoms with Crippen molar-refractivity contribution in [3.63, 3.8) is 0 Å². The van der Waals surface area contributed by atoms with Crippen LogP contribution in [0.25, 0.3) is 17.1 Å². The van der Waals surface area contributed by atoms with Crippen LogP contribution in [0.15, 0.2) is 73.2 Å². The predicted octanol–water partition coefficient (Wildman–Crippen LogP) is 5.79. The molecule has 0 fully saturated rings. The Kier molecular flexibility index (Phi) is 7.34. The molecule has 1 N–H and O–H groups in total. The molecule has 4 rings (SSSR count). The molecule has 0 aliphatic carbocycles. The van der Waals surface area contributed by atoms with E-state index < -0.39 is 30.4 Å². The summed E-state index contributed by atoms with van der Waals surface area (Å²) in [5.74, 6) is -0.0856. The summed E-state index contributed by atoms with van der Waals surface area (Å²) in [4.78, 5) is 16.4. The molecule has 2 heterocycles. The van der Waals surface area contributed by atoms with Gasteiger partial charge in [0.15, 0.2) is 12.0 Å². The van der Waals surface area contributed by atoms with Crippen LogP contribution in [-0.4, -0.2) is 27.2 Å². The highest BCUT2D eigenvalue weighted by Crippen LogP contribution is 2.28. The van der Waals surface area contributed by atoms with Crippen molar-refractivity contribution in [2.45, 2.75) is 25.6 Å². The van der Waals surface area contributed by atoms with E-state index in [2.05, 4.69) is 20.1 Å². The lowest BCUT2D eigenvalue weighted by Gasteiger charge is -2.15. The standard InChI is InChI=1S/C24H17F6N5O4/c1-14(16-4-11-20(23(25,26)27)35(37)12-16)38-22(36)32-17-5-2-15(3-6-17)21-31-13-34(33-21)18-7-9-19(10-8-18)39-24(28,29)30/h2-14H,1H3,(H,32,36). The zero-order valence-electron chi connectivity index (χ0n) is 19.7. The Labute approximate surface area is 215 Å². The molecule has 0 bridgehead atoms. The van der Waals surface area contributed by atoms with Gasteiger partial charge in [0.25, 0.3) is 5.69 Å². The van der Waals surface area contributed by atoms with Gasteiger partial charge in [-0.05, 0) is 61.5 Å². The van der Waals surface area contributed by atoms with Crippen molar-refractivity contribution < 1.29 is 45.3 Å². The Hall–Kier alpha value is -4.82. The van der Waals surface area contributed by atoms with Gasteiger partial charge in [0.2, 0.25) is 0 Å². The number of rotatable bonds is 6. The number of halogens is 6. The number of pyridine rings is 1. The zero-order valence-corrected chi connectivity index (χ0v) is 19.7. The molecule has 4 aromatic rings. The summed E-state index contributed by atoms with van der Waals surface area (Å²) < 4.78 is 85.2. The van der Waals surface area contributed by atoms with Crippen molar-refractivity contribution in [1.29, 1.82) is 0 Å². The first-order valence-electron chi connectivity index (χ1n) is 10.9. The summed E-state index contributed by atoms with van der Waals surface area (Å²) in [6.07, 6.45) is -9.49. The van der Waals surface area contributed by atoms with Gasteiger partial charge in [-0.1, -0.05) is 0 Å². The minimum absolute atomic E-state index is 0.0627. The lowest BCUT2D eigenvalue weighted by atomic mass is 10.1. The largest absolute Gasteiger partial charge is 0.618 e. The van der Waals surface area contributed by atoms with Gasteiger partial charge in [-0.3, -0.25) is 5.32 Å². The van der Waals surface area contributed by atoms with Crippen LogP contribution in [-0.2, 0) is 10.9 Å². The highest BCUT2D eigenvalue weighted by atomic mass is 19.4. The van der Waals surface area contributed by atoms with E-state index in [1.807, 2.05) is 0 Å². The van der Waals surface area contributed by atoms with Crippen molar-refractivity contribution in [1.82, 2.24) is 14.8 Å². The molecular weight excluding hydrogens is 536 g/mol. The van der Waals surface area contributed by atoms with Crippen LogP contribution >= 0.6 is 0 Å². The summed E-state index contributed by atoms with van der Waals surface area (Å²) in [5.41, 5.74) is -0.0119. The third-order valence-electron chi connectivity index (χ3n) is 5.20. The molecule has 1 amide bonds. The summed E-state index contributed by atoms with van der Waals surface area (Å²) in [5, 5.41) is 18.4. The lowest BCUT2D eigenvalue weighted by Crippen LogP contribution is -2.37. The van der Waals surface area contributed by atoms with Crippen LogP contribution in [0.3, 0.4) is 0 Å². The monoisotopic (exact) mass is 553 g/mol. The summed E-state index contributed by atoms with van der Waals surface area (Å²) in [6, 6.07) is 12.9. The maximum Gasteiger partial charge on any atom is 0.573 e. The number of aromatic nitrogens is 4. The number of carbonyl (C=O) groups excluding carboxylic acids is 1. The van der Waals surface area contributed by atoms with Crippen LogP contribution < -0.4 is 14.8 Å². The number of nitrogens with one attached hydrogen (secondary N) is 1. The maximum atomic E-state index is 12.7. The molecule has 1 atom stereocenters. The van der Waals surface area contributed by atoms with Crippen molar-refractivity contribution in [2.75, 3.05) is 5.32 Å². The van der Waals surface area contributed by atoms with E-state index in [9.17, 15) is 36.3 Å². The van der Waals surface area contributed by atoms with Crippen LogP contribution in [0.2, 0.25) is 0 Å². The summed E-state index contributed by atoms with van der Waals surface area (Å²) in [6.45, 7) is 1.39. The van der Waals surface area contributed by atoms with Gasteiger partial charge in [0.05, 0.1) is 11.3 Å². The number of alkyl halides is 6. The summed E-state index contributed by atoms with van der Waals surface area (Å²) >= 11 is 0. The van der Waals surface area contributed by atoms with Crippen molar-refractivity contribution in [3.05, 3.63) is 89.7 Å². The number of hydrogen-bond acceptors (Lipinski definition) is 6. The van der Waals surface area contributed by atoms with E-state index in [-0.39, 0.29) is 16.0 Å². The average molecular weight is 553 g/mol. The third-order valence-corrected chi connectivity index (χ3v) is 5.20. The normalized spacial score (nSPS) is 12.6. The SMILES string of the molecule is CC(OC(=O)Nc1ccc(-c2ncn(-c3ccc(OC(F)(F)F)cc3)n2)cc1)c1ccc(C(F)(F)F)[n+]([O-])c1. The Balaban J connectivity index is 1.36.